The molecule has 34 heavy (non-hydrogen) atoms. The average molecular weight is 542 g/mol. The molecule has 3 N–H and O–H groups in total. The lowest BCUT2D eigenvalue weighted by molar-refractivity contribution is -0.113. The van der Waals surface area contributed by atoms with Gasteiger partial charge in [0.2, 0.25) is 5.91 Å². The first-order valence-electron chi connectivity index (χ1n) is 10.1. The van der Waals surface area contributed by atoms with Crippen molar-refractivity contribution >= 4 is 69.1 Å². The Labute approximate surface area is 214 Å². The van der Waals surface area contributed by atoms with Crippen molar-refractivity contribution in [1.82, 2.24) is 14.8 Å². The predicted octanol–water partition coefficient (Wildman–Crippen LogP) is 4.65. The molecule has 0 spiro atoms. The Hall–Kier alpha value is -2.60. The SMILES string of the molecule is CCOC(=O)c1c(NC(=O)CSc2nnc(-c3ccc(Cl)c(Cl)c3)n2CC)sc(C(N)=O)c1C. The fourth-order valence-electron chi connectivity index (χ4n) is 3.11. The number of primary amides is 1. The molecule has 2 amide bonds. The van der Waals surface area contributed by atoms with Crippen molar-refractivity contribution in [3.05, 3.63) is 44.2 Å². The van der Waals surface area contributed by atoms with Crippen LogP contribution in [0, 0.1) is 6.92 Å². The minimum atomic E-state index is -0.686. The fraction of sp³-hybridized carbons (Fsp3) is 0.286. The number of nitrogens with one attached hydrogen (secondary N) is 1. The van der Waals surface area contributed by atoms with Crippen LogP contribution >= 0.6 is 46.3 Å². The molecule has 2 heterocycles. The van der Waals surface area contributed by atoms with Gasteiger partial charge in [0.15, 0.2) is 11.0 Å². The Morgan fingerprint density at radius 2 is 1.94 bits per heavy atom. The van der Waals surface area contributed by atoms with Crippen molar-refractivity contribution in [2.75, 3.05) is 17.7 Å². The molecule has 0 saturated carbocycles. The van der Waals surface area contributed by atoms with Crippen LogP contribution in [0.5, 0.6) is 0 Å². The third-order valence-corrected chi connectivity index (χ3v) is 7.57. The molecule has 0 aliphatic carbocycles. The third-order valence-electron chi connectivity index (χ3n) is 4.65. The molecule has 9 nitrogen and oxygen atoms in total. The van der Waals surface area contributed by atoms with Crippen LogP contribution in [0.25, 0.3) is 11.4 Å². The number of hydrogen-bond donors (Lipinski definition) is 2. The molecule has 0 bridgehead atoms. The number of nitrogens with two attached hydrogens (primary N) is 1. The second-order valence-electron chi connectivity index (χ2n) is 6.86. The van der Waals surface area contributed by atoms with Gasteiger partial charge in [-0.2, -0.15) is 0 Å². The van der Waals surface area contributed by atoms with Crippen LogP contribution in [-0.4, -0.2) is 44.9 Å². The molecule has 3 aromatic rings. The van der Waals surface area contributed by atoms with E-state index >= 15 is 0 Å². The fourth-order valence-corrected chi connectivity index (χ4v) is 5.27. The highest BCUT2D eigenvalue weighted by atomic mass is 35.5. The highest BCUT2D eigenvalue weighted by Gasteiger charge is 2.26. The Bertz CT molecular complexity index is 1260. The van der Waals surface area contributed by atoms with Gasteiger partial charge in [-0.05, 0) is 44.5 Å². The van der Waals surface area contributed by atoms with Crippen molar-refractivity contribution in [3.63, 3.8) is 0 Å². The predicted molar refractivity (Wildman–Crippen MR) is 134 cm³/mol. The number of aromatic nitrogens is 3. The summed E-state index contributed by atoms with van der Waals surface area (Å²) in [6.45, 7) is 5.89. The van der Waals surface area contributed by atoms with Gasteiger partial charge in [0, 0.05) is 12.1 Å². The van der Waals surface area contributed by atoms with Gasteiger partial charge in [0.1, 0.15) is 5.00 Å². The lowest BCUT2D eigenvalue weighted by Gasteiger charge is -2.09. The van der Waals surface area contributed by atoms with Gasteiger partial charge in [-0.15, -0.1) is 21.5 Å². The maximum Gasteiger partial charge on any atom is 0.341 e. The first kappa shape index (κ1) is 26.0. The first-order chi connectivity index (χ1) is 16.2. The number of rotatable bonds is 9. The number of halogens is 2. The summed E-state index contributed by atoms with van der Waals surface area (Å²) < 4.78 is 6.91. The second-order valence-corrected chi connectivity index (χ2v) is 9.64. The van der Waals surface area contributed by atoms with E-state index < -0.39 is 17.8 Å². The Morgan fingerprint density at radius 3 is 2.56 bits per heavy atom. The van der Waals surface area contributed by atoms with Crippen molar-refractivity contribution in [3.8, 4) is 11.4 Å². The molecule has 0 aliphatic rings. The molecule has 0 atom stereocenters. The number of carbonyl (C=O) groups excluding carboxylic acids is 3. The van der Waals surface area contributed by atoms with Gasteiger partial charge in [0.05, 0.1) is 32.8 Å². The summed E-state index contributed by atoms with van der Waals surface area (Å²) in [5.74, 6) is -1.13. The second kappa shape index (κ2) is 11.2. The van der Waals surface area contributed by atoms with E-state index in [1.807, 2.05) is 11.5 Å². The summed E-state index contributed by atoms with van der Waals surface area (Å²) in [6.07, 6.45) is 0. The zero-order valence-electron chi connectivity index (χ0n) is 18.5. The van der Waals surface area contributed by atoms with Crippen LogP contribution in [0.2, 0.25) is 10.0 Å². The lowest BCUT2D eigenvalue weighted by Crippen LogP contribution is -2.17. The largest absolute Gasteiger partial charge is 0.462 e. The quantitative estimate of drug-likeness (QED) is 0.298. The van der Waals surface area contributed by atoms with Crippen LogP contribution in [0.4, 0.5) is 5.00 Å². The molecule has 0 unspecified atom stereocenters. The molecular formula is C21H21Cl2N5O4S2. The van der Waals surface area contributed by atoms with Gasteiger partial charge >= 0.3 is 5.97 Å². The summed E-state index contributed by atoms with van der Waals surface area (Å²) in [4.78, 5) is 37.0. The molecule has 0 aliphatic heterocycles. The van der Waals surface area contributed by atoms with Gasteiger partial charge in [-0.1, -0.05) is 35.0 Å². The topological polar surface area (TPSA) is 129 Å². The normalized spacial score (nSPS) is 10.9. The van der Waals surface area contributed by atoms with Gasteiger partial charge in [0.25, 0.3) is 5.91 Å². The number of anilines is 1. The van der Waals surface area contributed by atoms with Crippen LogP contribution in [0.3, 0.4) is 0 Å². The number of carbonyl (C=O) groups is 3. The van der Waals surface area contributed by atoms with E-state index in [2.05, 4.69) is 15.5 Å². The molecule has 180 valence electrons. The minimum absolute atomic E-state index is 0.00930. The highest BCUT2D eigenvalue weighted by Crippen LogP contribution is 2.34. The summed E-state index contributed by atoms with van der Waals surface area (Å²) in [5, 5.41) is 12.7. The smallest absolute Gasteiger partial charge is 0.341 e. The Morgan fingerprint density at radius 1 is 1.21 bits per heavy atom. The van der Waals surface area contributed by atoms with E-state index in [0.29, 0.717) is 33.1 Å². The number of amides is 2. The molecular weight excluding hydrogens is 521 g/mol. The average Bonchev–Trinajstić information content (AvgIpc) is 3.34. The number of ether oxygens (including phenoxy) is 1. The number of esters is 1. The minimum Gasteiger partial charge on any atom is -0.462 e. The summed E-state index contributed by atoms with van der Waals surface area (Å²) in [6, 6.07) is 5.17. The Balaban J connectivity index is 1.78. The number of nitrogens with zero attached hydrogens (tertiary/aromatic N) is 3. The number of benzene rings is 1. The van der Waals surface area contributed by atoms with Gasteiger partial charge in [-0.25, -0.2) is 4.79 Å². The van der Waals surface area contributed by atoms with Crippen molar-refractivity contribution in [1.29, 1.82) is 0 Å². The molecule has 13 heteroatoms. The highest BCUT2D eigenvalue weighted by molar-refractivity contribution is 7.99. The van der Waals surface area contributed by atoms with E-state index in [9.17, 15) is 14.4 Å². The van der Waals surface area contributed by atoms with E-state index in [4.69, 9.17) is 33.7 Å². The molecule has 3 rings (SSSR count). The lowest BCUT2D eigenvalue weighted by atomic mass is 10.1. The maximum absolute atomic E-state index is 12.7. The third kappa shape index (κ3) is 5.54. The van der Waals surface area contributed by atoms with Gasteiger partial charge < -0.3 is 20.4 Å². The van der Waals surface area contributed by atoms with E-state index in [1.165, 1.54) is 11.8 Å². The first-order valence-corrected chi connectivity index (χ1v) is 12.6. The van der Waals surface area contributed by atoms with Crippen molar-refractivity contribution in [2.24, 2.45) is 5.73 Å². The van der Waals surface area contributed by atoms with E-state index in [0.717, 1.165) is 16.9 Å². The van der Waals surface area contributed by atoms with E-state index in [1.54, 1.807) is 32.0 Å². The zero-order chi connectivity index (χ0) is 25.0. The summed E-state index contributed by atoms with van der Waals surface area (Å²) in [5.41, 5.74) is 6.64. The van der Waals surface area contributed by atoms with Crippen LogP contribution in [0.15, 0.2) is 23.4 Å². The van der Waals surface area contributed by atoms with Crippen LogP contribution < -0.4 is 11.1 Å². The van der Waals surface area contributed by atoms with Gasteiger partial charge in [-0.3, -0.25) is 9.59 Å². The van der Waals surface area contributed by atoms with Crippen molar-refractivity contribution in [2.45, 2.75) is 32.5 Å². The van der Waals surface area contributed by atoms with E-state index in [-0.39, 0.29) is 27.8 Å². The zero-order valence-corrected chi connectivity index (χ0v) is 21.6. The standard InChI is InChI=1S/C21H21Cl2N5O4S2/c1-4-28-18(11-6-7-12(22)13(23)8-11)26-27-21(28)33-9-14(29)25-19-15(20(31)32-5-2)10(3)16(34-19)17(24)30/h6-8H,4-5,9H2,1-3H3,(H2,24,30)(H,25,29). The maximum atomic E-state index is 12.7. The molecule has 0 radical (unpaired) electrons. The molecule has 1 aromatic carbocycles. The Kier molecular flexibility index (Phi) is 8.58. The summed E-state index contributed by atoms with van der Waals surface area (Å²) in [7, 11) is 0. The van der Waals surface area contributed by atoms with Crippen LogP contribution in [0.1, 0.15) is 39.4 Å². The molecule has 0 fully saturated rings. The number of thioether (sulfide) groups is 1. The summed E-state index contributed by atoms with van der Waals surface area (Å²) >= 11 is 14.2. The number of thiophene rings is 1. The van der Waals surface area contributed by atoms with Crippen LogP contribution in [-0.2, 0) is 16.1 Å². The molecule has 2 aromatic heterocycles. The molecule has 0 saturated heterocycles. The monoisotopic (exact) mass is 541 g/mol. The van der Waals surface area contributed by atoms with Crippen molar-refractivity contribution < 1.29 is 19.1 Å². The number of hydrogen-bond acceptors (Lipinski definition) is 8.